The Kier molecular flexibility index (Phi) is 3.03. The van der Waals surface area contributed by atoms with Crippen LogP contribution in [0.5, 0.6) is 0 Å². The molecule has 1 aromatic carbocycles. The second-order valence-corrected chi connectivity index (χ2v) is 9.91. The minimum absolute atomic E-state index is 0.161. The number of thiophene rings is 1. The van der Waals surface area contributed by atoms with Crippen molar-refractivity contribution in [1.29, 1.82) is 0 Å². The summed E-state index contributed by atoms with van der Waals surface area (Å²) < 4.78 is 25.8. The fraction of sp³-hybridized carbons (Fsp3) is 0.444. The zero-order chi connectivity index (χ0) is 15.6. The van der Waals surface area contributed by atoms with Crippen molar-refractivity contribution in [2.24, 2.45) is 0 Å². The Morgan fingerprint density at radius 3 is 2.65 bits per heavy atom. The molecule has 2 aromatic rings. The molecule has 3 aliphatic rings. The van der Waals surface area contributed by atoms with E-state index in [1.807, 2.05) is 12.1 Å². The number of fused-ring (bicyclic) bond motifs is 3. The van der Waals surface area contributed by atoms with Crippen LogP contribution < -0.4 is 0 Å². The second kappa shape index (κ2) is 4.91. The van der Waals surface area contributed by atoms with E-state index in [1.165, 1.54) is 24.8 Å². The van der Waals surface area contributed by atoms with Crippen LogP contribution in [-0.4, -0.2) is 37.7 Å². The van der Waals surface area contributed by atoms with Gasteiger partial charge in [-0.05, 0) is 58.5 Å². The molecule has 0 spiro atoms. The molecule has 5 heteroatoms. The molecule has 0 radical (unpaired) electrons. The summed E-state index contributed by atoms with van der Waals surface area (Å²) >= 11 is 1.68. The summed E-state index contributed by atoms with van der Waals surface area (Å²) in [5.74, 6) is 0.161. The van der Waals surface area contributed by atoms with Crippen molar-refractivity contribution in [2.45, 2.75) is 41.4 Å². The maximum Gasteiger partial charge on any atom is 0.183 e. The Bertz CT molecular complexity index is 853. The first-order chi connectivity index (χ1) is 11.1. The topological polar surface area (TPSA) is 37.4 Å². The van der Waals surface area contributed by atoms with Gasteiger partial charge < -0.3 is 0 Å². The third kappa shape index (κ3) is 2.00. The molecule has 0 N–H and O–H groups in total. The molecular formula is C18H19NO2S2. The molecule has 23 heavy (non-hydrogen) atoms. The number of rotatable bonds is 2. The van der Waals surface area contributed by atoms with Gasteiger partial charge in [-0.15, -0.1) is 0 Å². The zero-order valence-corrected chi connectivity index (χ0v) is 14.4. The van der Waals surface area contributed by atoms with E-state index in [2.05, 4.69) is 27.8 Å². The van der Waals surface area contributed by atoms with E-state index in [4.69, 9.17) is 0 Å². The Balaban J connectivity index is 1.57. The molecule has 1 aliphatic carbocycles. The van der Waals surface area contributed by atoms with Crippen molar-refractivity contribution in [3.8, 4) is 11.1 Å². The van der Waals surface area contributed by atoms with Crippen molar-refractivity contribution in [2.75, 3.05) is 13.1 Å². The molecule has 1 saturated carbocycles. The van der Waals surface area contributed by atoms with Crippen molar-refractivity contribution >= 4 is 21.2 Å². The van der Waals surface area contributed by atoms with Crippen LogP contribution in [0.1, 0.15) is 30.7 Å². The molecular weight excluding hydrogens is 326 g/mol. The Labute approximate surface area is 140 Å². The van der Waals surface area contributed by atoms with Crippen molar-refractivity contribution < 1.29 is 8.42 Å². The zero-order valence-electron chi connectivity index (χ0n) is 12.8. The van der Waals surface area contributed by atoms with Crippen LogP contribution in [0.3, 0.4) is 0 Å². The Morgan fingerprint density at radius 2 is 1.96 bits per heavy atom. The normalized spacial score (nSPS) is 29.2. The first-order valence-corrected chi connectivity index (χ1v) is 10.8. The summed E-state index contributed by atoms with van der Waals surface area (Å²) in [6.45, 7) is 1.63. The lowest BCUT2D eigenvalue weighted by Crippen LogP contribution is -2.39. The van der Waals surface area contributed by atoms with E-state index in [-0.39, 0.29) is 11.2 Å². The molecule has 1 aromatic heterocycles. The summed E-state index contributed by atoms with van der Waals surface area (Å²) in [4.78, 5) is 3.01. The monoisotopic (exact) mass is 345 g/mol. The van der Waals surface area contributed by atoms with Gasteiger partial charge in [-0.2, -0.15) is 11.3 Å². The van der Waals surface area contributed by atoms with Crippen LogP contribution in [-0.2, 0) is 9.84 Å². The number of likely N-dealkylation sites (tertiary alicyclic amines) is 1. The van der Waals surface area contributed by atoms with Gasteiger partial charge in [0.05, 0.1) is 10.1 Å². The van der Waals surface area contributed by atoms with Crippen LogP contribution in [0.2, 0.25) is 0 Å². The lowest BCUT2D eigenvalue weighted by atomic mass is 9.91. The van der Waals surface area contributed by atoms with Crippen LogP contribution in [0.4, 0.5) is 0 Å². The molecule has 0 amide bonds. The van der Waals surface area contributed by atoms with Gasteiger partial charge >= 0.3 is 0 Å². The number of benzene rings is 1. The molecule has 3 nitrogen and oxygen atoms in total. The first-order valence-electron chi connectivity index (χ1n) is 8.29. The fourth-order valence-electron chi connectivity index (χ4n) is 4.33. The highest BCUT2D eigenvalue weighted by Gasteiger charge is 2.51. The van der Waals surface area contributed by atoms with Gasteiger partial charge in [-0.1, -0.05) is 12.5 Å². The maximum atomic E-state index is 12.9. The van der Waals surface area contributed by atoms with Crippen LogP contribution in [0.15, 0.2) is 39.9 Å². The van der Waals surface area contributed by atoms with Gasteiger partial charge in [-0.3, -0.25) is 4.90 Å². The van der Waals surface area contributed by atoms with Crippen LogP contribution >= 0.6 is 11.3 Å². The number of hydrogen-bond donors (Lipinski definition) is 0. The van der Waals surface area contributed by atoms with Gasteiger partial charge in [0, 0.05) is 25.0 Å². The smallest absolute Gasteiger partial charge is 0.183 e. The van der Waals surface area contributed by atoms with Gasteiger partial charge in [0.2, 0.25) is 0 Å². The number of hydrogen-bond acceptors (Lipinski definition) is 4. The third-order valence-corrected chi connectivity index (χ3v) is 8.80. The first kappa shape index (κ1) is 14.2. The molecule has 2 fully saturated rings. The lowest BCUT2D eigenvalue weighted by molar-refractivity contribution is 0.157. The van der Waals surface area contributed by atoms with E-state index in [0.29, 0.717) is 10.9 Å². The van der Waals surface area contributed by atoms with E-state index < -0.39 is 9.84 Å². The van der Waals surface area contributed by atoms with Gasteiger partial charge in [0.1, 0.15) is 0 Å². The van der Waals surface area contributed by atoms with E-state index >= 15 is 0 Å². The summed E-state index contributed by atoms with van der Waals surface area (Å²) in [6, 6.07) is 8.65. The Morgan fingerprint density at radius 1 is 1.09 bits per heavy atom. The molecule has 0 unspecified atom stereocenters. The van der Waals surface area contributed by atoms with Crippen LogP contribution in [0.25, 0.3) is 11.1 Å². The lowest BCUT2D eigenvalue weighted by Gasteiger charge is -2.35. The minimum Gasteiger partial charge on any atom is -0.298 e. The second-order valence-electron chi connectivity index (χ2n) is 6.99. The largest absolute Gasteiger partial charge is 0.298 e. The van der Waals surface area contributed by atoms with E-state index in [9.17, 15) is 8.42 Å². The summed E-state index contributed by atoms with van der Waals surface area (Å²) in [6.07, 6.45) is 3.77. The fourth-order valence-corrected chi connectivity index (χ4v) is 7.18. The molecule has 2 aliphatic heterocycles. The average molecular weight is 345 g/mol. The molecule has 2 atom stereocenters. The average Bonchev–Trinajstić information content (AvgIpc) is 3.17. The molecule has 5 rings (SSSR count). The molecule has 1 saturated heterocycles. The minimum atomic E-state index is -3.16. The SMILES string of the molecule is O=S1(=O)c2ccc(-c3ccsc3)cc2[C@H]2CN(C3CCC3)C[C@H]21. The van der Waals surface area contributed by atoms with Crippen molar-refractivity contribution in [1.82, 2.24) is 4.90 Å². The number of nitrogens with zero attached hydrogens (tertiary/aromatic N) is 1. The van der Waals surface area contributed by atoms with E-state index in [0.717, 1.165) is 24.2 Å². The summed E-state index contributed by atoms with van der Waals surface area (Å²) in [5, 5.41) is 3.96. The predicted octanol–water partition coefficient (Wildman–Crippen LogP) is 3.52. The molecule has 0 bridgehead atoms. The highest BCUT2D eigenvalue weighted by atomic mass is 32.2. The van der Waals surface area contributed by atoms with Crippen molar-refractivity contribution in [3.63, 3.8) is 0 Å². The molecule has 3 heterocycles. The highest BCUT2D eigenvalue weighted by Crippen LogP contribution is 2.47. The summed E-state index contributed by atoms with van der Waals surface area (Å²) in [7, 11) is -3.16. The maximum absolute atomic E-state index is 12.9. The quantitative estimate of drug-likeness (QED) is 0.836. The predicted molar refractivity (Wildman–Crippen MR) is 92.7 cm³/mol. The summed E-state index contributed by atoms with van der Waals surface area (Å²) in [5.41, 5.74) is 3.39. The van der Waals surface area contributed by atoms with Gasteiger partial charge in [0.15, 0.2) is 9.84 Å². The number of sulfone groups is 1. The molecule has 120 valence electrons. The van der Waals surface area contributed by atoms with Crippen LogP contribution in [0, 0.1) is 0 Å². The van der Waals surface area contributed by atoms with Gasteiger partial charge in [0.25, 0.3) is 0 Å². The Hall–Kier alpha value is -1.17. The highest BCUT2D eigenvalue weighted by molar-refractivity contribution is 7.92. The third-order valence-electron chi connectivity index (χ3n) is 5.85. The standard InChI is InChI=1S/C18H19NO2S2/c20-23(21)17-5-4-12(13-6-7-22-11-13)8-15(17)16-9-19(10-18(16)23)14-2-1-3-14/h4-8,11,14,16,18H,1-3,9-10H2/t16-,18-/m1/s1. The van der Waals surface area contributed by atoms with Gasteiger partial charge in [-0.25, -0.2) is 8.42 Å². The van der Waals surface area contributed by atoms with Crippen molar-refractivity contribution in [3.05, 3.63) is 40.6 Å². The van der Waals surface area contributed by atoms with E-state index in [1.54, 1.807) is 11.3 Å².